The lowest BCUT2D eigenvalue weighted by Crippen LogP contribution is -2.39. The third-order valence-electron chi connectivity index (χ3n) is 4.01. The third kappa shape index (κ3) is 6.38. The first kappa shape index (κ1) is 20.9. The van der Waals surface area contributed by atoms with Crippen molar-refractivity contribution in [2.75, 3.05) is 24.7 Å². The van der Waals surface area contributed by atoms with Crippen molar-refractivity contribution in [2.24, 2.45) is 0 Å². The highest BCUT2D eigenvalue weighted by molar-refractivity contribution is 5.66. The van der Waals surface area contributed by atoms with Crippen molar-refractivity contribution in [2.45, 2.75) is 45.5 Å². The van der Waals surface area contributed by atoms with Gasteiger partial charge in [0.1, 0.15) is 24.3 Å². The first-order chi connectivity index (χ1) is 12.7. The molecule has 0 radical (unpaired) electrons. The van der Waals surface area contributed by atoms with Crippen LogP contribution in [0.15, 0.2) is 12.1 Å². The van der Waals surface area contributed by atoms with Crippen LogP contribution in [0.25, 0.3) is 0 Å². The summed E-state index contributed by atoms with van der Waals surface area (Å²) in [5.74, 6) is -0.608. The molecule has 0 unspecified atom stereocenters. The summed E-state index contributed by atoms with van der Waals surface area (Å²) in [5.41, 5.74) is -0.413. The summed E-state index contributed by atoms with van der Waals surface area (Å²) in [6.07, 6.45) is -3.76. The Hall–Kier alpha value is -2.36. The first-order valence-corrected chi connectivity index (χ1v) is 8.50. The number of hydrogen-bond acceptors (Lipinski definition) is 7. The van der Waals surface area contributed by atoms with Gasteiger partial charge in [-0.2, -0.15) is 13.2 Å². The fourth-order valence-electron chi connectivity index (χ4n) is 2.81. The lowest BCUT2D eigenvalue weighted by molar-refractivity contribution is -0.147. The number of esters is 2. The Balaban J connectivity index is 2.13. The molecule has 0 aromatic carbocycles. The van der Waals surface area contributed by atoms with Crippen LogP contribution in [0.1, 0.15) is 37.9 Å². The Morgan fingerprint density at radius 1 is 1.22 bits per heavy atom. The number of halogens is 3. The predicted molar refractivity (Wildman–Crippen MR) is 89.7 cm³/mol. The highest BCUT2D eigenvalue weighted by Gasteiger charge is 2.34. The van der Waals surface area contributed by atoms with E-state index in [1.54, 1.807) is 4.90 Å². The fraction of sp³-hybridized carbons (Fsp3) is 0.588. The van der Waals surface area contributed by atoms with Crippen molar-refractivity contribution in [3.05, 3.63) is 23.4 Å². The Morgan fingerprint density at radius 3 is 2.44 bits per heavy atom. The average Bonchev–Trinajstić information content (AvgIpc) is 2.58. The van der Waals surface area contributed by atoms with E-state index < -0.39 is 17.8 Å². The number of anilines is 1. The number of hydrogen-bond donors (Lipinski definition) is 1. The smallest absolute Gasteiger partial charge is 0.433 e. The second kappa shape index (κ2) is 9.03. The lowest BCUT2D eigenvalue weighted by Gasteiger charge is -2.33. The monoisotopic (exact) mass is 389 g/mol. The van der Waals surface area contributed by atoms with Crippen LogP contribution in [0, 0.1) is 0 Å². The maximum atomic E-state index is 13.1. The molecule has 1 saturated heterocycles. The molecule has 0 spiro atoms. The molecule has 1 N–H and O–H groups in total. The molecule has 2 heterocycles. The van der Waals surface area contributed by atoms with E-state index in [1.165, 1.54) is 19.9 Å². The molecule has 27 heavy (non-hydrogen) atoms. The van der Waals surface area contributed by atoms with E-state index in [0.29, 0.717) is 31.5 Å². The molecule has 0 amide bonds. The molecule has 1 fully saturated rings. The predicted octanol–water partition coefficient (Wildman–Crippen LogP) is 2.24. The largest absolute Gasteiger partial charge is 0.462 e. The molecule has 7 nitrogen and oxygen atoms in total. The molecule has 0 saturated carbocycles. The van der Waals surface area contributed by atoms with Gasteiger partial charge in [0.25, 0.3) is 0 Å². The van der Waals surface area contributed by atoms with Gasteiger partial charge in [0.05, 0.1) is 0 Å². The van der Waals surface area contributed by atoms with E-state index in [1.807, 2.05) is 0 Å². The highest BCUT2D eigenvalue weighted by Crippen LogP contribution is 2.31. The van der Waals surface area contributed by atoms with Gasteiger partial charge in [0.2, 0.25) is 0 Å². The van der Waals surface area contributed by atoms with Crippen LogP contribution in [-0.4, -0.2) is 42.8 Å². The van der Waals surface area contributed by atoms with Gasteiger partial charge in [0.15, 0.2) is 0 Å². The second-order valence-corrected chi connectivity index (χ2v) is 6.18. The van der Waals surface area contributed by atoms with Crippen LogP contribution in [0.4, 0.5) is 19.0 Å². The standard InChI is InChI=1S/C17H22F3N3O4/c1-11(24)26-10-21-9-13-3-4-15(17(18,19)20)22-16(13)23-7-5-14(6-8-23)27-12(2)25/h3-4,14,21H,5-10H2,1-2H3. The third-order valence-corrected chi connectivity index (χ3v) is 4.01. The number of aromatic nitrogens is 1. The van der Waals surface area contributed by atoms with Gasteiger partial charge in [-0.15, -0.1) is 0 Å². The van der Waals surface area contributed by atoms with Gasteiger partial charge >= 0.3 is 18.1 Å². The first-order valence-electron chi connectivity index (χ1n) is 8.50. The fourth-order valence-corrected chi connectivity index (χ4v) is 2.81. The molecule has 1 aliphatic rings. The highest BCUT2D eigenvalue weighted by atomic mass is 19.4. The Bertz CT molecular complexity index is 674. The van der Waals surface area contributed by atoms with Gasteiger partial charge in [-0.05, 0) is 6.07 Å². The summed E-state index contributed by atoms with van der Waals surface area (Å²) >= 11 is 0. The van der Waals surface area contributed by atoms with E-state index >= 15 is 0 Å². The number of carbonyl (C=O) groups excluding carboxylic acids is 2. The van der Waals surface area contributed by atoms with Crippen LogP contribution in [0.2, 0.25) is 0 Å². The minimum absolute atomic E-state index is 0.0513. The van der Waals surface area contributed by atoms with E-state index in [2.05, 4.69) is 10.3 Å². The number of piperidine rings is 1. The van der Waals surface area contributed by atoms with Crippen LogP contribution >= 0.6 is 0 Å². The summed E-state index contributed by atoms with van der Waals surface area (Å²) in [5, 5.41) is 2.85. The summed E-state index contributed by atoms with van der Waals surface area (Å²) in [7, 11) is 0. The lowest BCUT2D eigenvalue weighted by atomic mass is 10.1. The average molecular weight is 389 g/mol. The number of pyridine rings is 1. The summed E-state index contributed by atoms with van der Waals surface area (Å²) in [6, 6.07) is 2.29. The zero-order chi connectivity index (χ0) is 20.0. The number of alkyl halides is 3. The Labute approximate surface area is 154 Å². The molecule has 1 aromatic rings. The number of rotatable bonds is 6. The maximum absolute atomic E-state index is 13.1. The molecule has 10 heteroatoms. The number of nitrogens with zero attached hydrogens (tertiary/aromatic N) is 2. The summed E-state index contributed by atoms with van der Waals surface area (Å²) in [4.78, 5) is 27.4. The van der Waals surface area contributed by atoms with E-state index in [9.17, 15) is 22.8 Å². The van der Waals surface area contributed by atoms with Crippen molar-refractivity contribution in [3.8, 4) is 0 Å². The van der Waals surface area contributed by atoms with Crippen LogP contribution in [0.5, 0.6) is 0 Å². The number of ether oxygens (including phenoxy) is 2. The molecule has 0 atom stereocenters. The zero-order valence-electron chi connectivity index (χ0n) is 15.1. The Morgan fingerprint density at radius 2 is 1.89 bits per heavy atom. The van der Waals surface area contributed by atoms with Crippen molar-refractivity contribution in [3.63, 3.8) is 0 Å². The van der Waals surface area contributed by atoms with Crippen molar-refractivity contribution in [1.82, 2.24) is 10.3 Å². The summed E-state index contributed by atoms with van der Waals surface area (Å²) in [6.45, 7) is 3.57. The molecule has 1 aliphatic heterocycles. The van der Waals surface area contributed by atoms with Gasteiger partial charge in [-0.1, -0.05) is 6.07 Å². The molecular formula is C17H22F3N3O4. The van der Waals surface area contributed by atoms with Gasteiger partial charge < -0.3 is 14.4 Å². The van der Waals surface area contributed by atoms with E-state index in [0.717, 1.165) is 6.07 Å². The topological polar surface area (TPSA) is 80.8 Å². The van der Waals surface area contributed by atoms with Gasteiger partial charge in [-0.3, -0.25) is 14.9 Å². The summed E-state index contributed by atoms with van der Waals surface area (Å²) < 4.78 is 49.1. The SMILES string of the molecule is CC(=O)OCNCc1ccc(C(F)(F)F)nc1N1CCC(OC(C)=O)CC1. The minimum Gasteiger partial charge on any atom is -0.462 e. The van der Waals surface area contributed by atoms with Gasteiger partial charge in [0, 0.05) is 51.9 Å². The normalized spacial score (nSPS) is 15.5. The van der Waals surface area contributed by atoms with Gasteiger partial charge in [-0.25, -0.2) is 4.98 Å². The minimum atomic E-state index is -4.55. The number of nitrogens with one attached hydrogen (secondary N) is 1. The molecule has 2 rings (SSSR count). The van der Waals surface area contributed by atoms with Crippen molar-refractivity contribution >= 4 is 17.8 Å². The van der Waals surface area contributed by atoms with Crippen molar-refractivity contribution in [1.29, 1.82) is 0 Å². The maximum Gasteiger partial charge on any atom is 0.433 e. The molecule has 0 aliphatic carbocycles. The quantitative estimate of drug-likeness (QED) is 0.454. The second-order valence-electron chi connectivity index (χ2n) is 6.18. The van der Waals surface area contributed by atoms with Crippen LogP contribution < -0.4 is 10.2 Å². The zero-order valence-corrected chi connectivity index (χ0v) is 15.1. The van der Waals surface area contributed by atoms with Crippen LogP contribution in [0.3, 0.4) is 0 Å². The van der Waals surface area contributed by atoms with Crippen molar-refractivity contribution < 1.29 is 32.2 Å². The van der Waals surface area contributed by atoms with E-state index in [-0.39, 0.29) is 31.2 Å². The molecule has 0 bridgehead atoms. The van der Waals surface area contributed by atoms with Crippen LogP contribution in [-0.2, 0) is 31.8 Å². The Kier molecular flexibility index (Phi) is 7.00. The molecule has 150 valence electrons. The number of carbonyl (C=O) groups is 2. The molecular weight excluding hydrogens is 367 g/mol. The molecule has 1 aromatic heterocycles. The van der Waals surface area contributed by atoms with E-state index in [4.69, 9.17) is 9.47 Å².